The van der Waals surface area contributed by atoms with Crippen molar-refractivity contribution in [3.8, 4) is 0 Å². The maximum atomic E-state index is 11.9. The van der Waals surface area contributed by atoms with E-state index in [-0.39, 0.29) is 6.09 Å². The van der Waals surface area contributed by atoms with E-state index in [1.165, 1.54) is 0 Å². The number of carboxylic acids is 1. The molecule has 1 aliphatic heterocycles. The summed E-state index contributed by atoms with van der Waals surface area (Å²) < 4.78 is 5.34. The molecule has 0 aromatic heterocycles. The Bertz CT molecular complexity index is 387. The Morgan fingerprint density at radius 2 is 1.85 bits per heavy atom. The summed E-state index contributed by atoms with van der Waals surface area (Å²) in [6, 6.07) is 0. The molecule has 5 heteroatoms. The zero-order chi connectivity index (χ0) is 15.3. The first-order chi connectivity index (χ1) is 9.19. The SMILES string of the molecule is C/C(=C\CC1CCN(C(=O)OC(C)(C)C)CC1)C(=O)O. The fraction of sp³-hybridized carbons (Fsp3) is 0.733. The molecule has 0 bridgehead atoms. The molecule has 0 atom stereocenters. The van der Waals surface area contributed by atoms with Crippen molar-refractivity contribution in [2.45, 2.75) is 52.6 Å². The van der Waals surface area contributed by atoms with Crippen LogP contribution in [0.2, 0.25) is 0 Å². The molecule has 1 amide bonds. The first-order valence-corrected chi connectivity index (χ1v) is 7.07. The zero-order valence-corrected chi connectivity index (χ0v) is 12.8. The van der Waals surface area contributed by atoms with Gasteiger partial charge in [0.1, 0.15) is 5.60 Å². The van der Waals surface area contributed by atoms with E-state index in [0.717, 1.165) is 19.3 Å². The minimum atomic E-state index is -0.865. The predicted octanol–water partition coefficient (Wildman–Crippen LogP) is 3.05. The van der Waals surface area contributed by atoms with Crippen LogP contribution in [0.3, 0.4) is 0 Å². The van der Waals surface area contributed by atoms with Gasteiger partial charge in [-0.15, -0.1) is 0 Å². The normalized spacial score (nSPS) is 18.0. The number of hydrogen-bond donors (Lipinski definition) is 1. The number of hydrogen-bond acceptors (Lipinski definition) is 3. The third-order valence-corrected chi connectivity index (χ3v) is 3.36. The van der Waals surface area contributed by atoms with E-state index < -0.39 is 11.6 Å². The Morgan fingerprint density at radius 3 is 2.30 bits per heavy atom. The lowest BCUT2D eigenvalue weighted by molar-refractivity contribution is -0.132. The first-order valence-electron chi connectivity index (χ1n) is 7.07. The van der Waals surface area contributed by atoms with Crippen molar-refractivity contribution in [3.05, 3.63) is 11.6 Å². The highest BCUT2D eigenvalue weighted by Crippen LogP contribution is 2.23. The molecule has 0 aromatic carbocycles. The highest BCUT2D eigenvalue weighted by atomic mass is 16.6. The second-order valence-electron chi connectivity index (χ2n) is 6.34. The number of piperidine rings is 1. The number of aliphatic carboxylic acids is 1. The van der Waals surface area contributed by atoms with Crippen LogP contribution in [-0.4, -0.2) is 40.8 Å². The molecule has 1 aliphatic rings. The molecule has 1 saturated heterocycles. The van der Waals surface area contributed by atoms with E-state index in [4.69, 9.17) is 9.84 Å². The number of likely N-dealkylation sites (tertiary alicyclic amines) is 1. The summed E-state index contributed by atoms with van der Waals surface area (Å²) in [5, 5.41) is 8.80. The molecule has 0 spiro atoms. The molecule has 0 aliphatic carbocycles. The number of nitrogens with zero attached hydrogens (tertiary/aromatic N) is 1. The van der Waals surface area contributed by atoms with Crippen molar-refractivity contribution in [1.29, 1.82) is 0 Å². The van der Waals surface area contributed by atoms with Crippen LogP contribution < -0.4 is 0 Å². The third kappa shape index (κ3) is 5.63. The number of rotatable bonds is 3. The zero-order valence-electron chi connectivity index (χ0n) is 12.8. The van der Waals surface area contributed by atoms with Crippen LogP contribution in [0, 0.1) is 5.92 Å². The Kier molecular flexibility index (Phi) is 5.60. The fourth-order valence-electron chi connectivity index (χ4n) is 2.11. The molecule has 20 heavy (non-hydrogen) atoms. The predicted molar refractivity (Wildman–Crippen MR) is 76.5 cm³/mol. The number of ether oxygens (including phenoxy) is 1. The standard InChI is InChI=1S/C15H25NO4/c1-11(13(17)18)5-6-12-7-9-16(10-8-12)14(19)20-15(2,3)4/h5,12H,6-10H2,1-4H3,(H,17,18)/b11-5+. The lowest BCUT2D eigenvalue weighted by Crippen LogP contribution is -2.41. The fourth-order valence-corrected chi connectivity index (χ4v) is 2.11. The van der Waals surface area contributed by atoms with Gasteiger partial charge >= 0.3 is 12.1 Å². The molecule has 1 fully saturated rings. The number of carbonyl (C=O) groups excluding carboxylic acids is 1. The molecule has 5 nitrogen and oxygen atoms in total. The second-order valence-corrected chi connectivity index (χ2v) is 6.34. The first kappa shape index (κ1) is 16.5. The van der Waals surface area contributed by atoms with Crippen LogP contribution in [0.25, 0.3) is 0 Å². The summed E-state index contributed by atoms with van der Waals surface area (Å²) in [5.74, 6) is -0.417. The van der Waals surface area contributed by atoms with Crippen molar-refractivity contribution in [2.75, 3.05) is 13.1 Å². The van der Waals surface area contributed by atoms with E-state index in [9.17, 15) is 9.59 Å². The molecule has 1 rings (SSSR count). The van der Waals surface area contributed by atoms with Gasteiger partial charge in [-0.05, 0) is 52.9 Å². The Hall–Kier alpha value is -1.52. The summed E-state index contributed by atoms with van der Waals surface area (Å²) >= 11 is 0. The Labute approximate surface area is 120 Å². The lowest BCUT2D eigenvalue weighted by Gasteiger charge is -2.33. The van der Waals surface area contributed by atoms with Gasteiger partial charge < -0.3 is 14.7 Å². The van der Waals surface area contributed by atoms with Gasteiger partial charge in [0.05, 0.1) is 0 Å². The van der Waals surface area contributed by atoms with E-state index >= 15 is 0 Å². The minimum Gasteiger partial charge on any atom is -0.478 e. The number of amides is 1. The molecular weight excluding hydrogens is 258 g/mol. The molecule has 1 heterocycles. The van der Waals surface area contributed by atoms with Gasteiger partial charge in [0, 0.05) is 18.7 Å². The topological polar surface area (TPSA) is 66.8 Å². The van der Waals surface area contributed by atoms with Gasteiger partial charge in [-0.1, -0.05) is 6.08 Å². The van der Waals surface area contributed by atoms with E-state index in [1.54, 1.807) is 17.9 Å². The average molecular weight is 283 g/mol. The molecular formula is C15H25NO4. The van der Waals surface area contributed by atoms with Crippen LogP contribution in [0.4, 0.5) is 4.79 Å². The monoisotopic (exact) mass is 283 g/mol. The molecule has 114 valence electrons. The Morgan fingerprint density at radius 1 is 1.30 bits per heavy atom. The van der Waals surface area contributed by atoms with E-state index in [0.29, 0.717) is 24.6 Å². The Balaban J connectivity index is 2.39. The smallest absolute Gasteiger partial charge is 0.410 e. The molecule has 0 aromatic rings. The highest BCUT2D eigenvalue weighted by Gasteiger charge is 2.26. The average Bonchev–Trinajstić information content (AvgIpc) is 2.34. The second kappa shape index (κ2) is 6.77. The highest BCUT2D eigenvalue weighted by molar-refractivity contribution is 5.85. The van der Waals surface area contributed by atoms with Gasteiger partial charge in [0.15, 0.2) is 0 Å². The molecule has 0 saturated carbocycles. The summed E-state index contributed by atoms with van der Waals surface area (Å²) in [7, 11) is 0. The molecule has 0 unspecified atom stereocenters. The van der Waals surface area contributed by atoms with Crippen LogP contribution in [0.1, 0.15) is 47.0 Å². The van der Waals surface area contributed by atoms with Gasteiger partial charge in [-0.25, -0.2) is 9.59 Å². The van der Waals surface area contributed by atoms with Gasteiger partial charge in [-0.2, -0.15) is 0 Å². The van der Waals surface area contributed by atoms with E-state index in [1.807, 2.05) is 20.8 Å². The van der Waals surface area contributed by atoms with Crippen LogP contribution in [0.15, 0.2) is 11.6 Å². The minimum absolute atomic E-state index is 0.256. The van der Waals surface area contributed by atoms with Gasteiger partial charge in [0.25, 0.3) is 0 Å². The van der Waals surface area contributed by atoms with E-state index in [2.05, 4.69) is 0 Å². The summed E-state index contributed by atoms with van der Waals surface area (Å²) in [6.07, 6.45) is 4.06. The summed E-state index contributed by atoms with van der Waals surface area (Å²) in [4.78, 5) is 24.3. The maximum Gasteiger partial charge on any atom is 0.410 e. The number of allylic oxidation sites excluding steroid dienone is 1. The molecule has 0 radical (unpaired) electrons. The quantitative estimate of drug-likeness (QED) is 0.808. The third-order valence-electron chi connectivity index (χ3n) is 3.36. The van der Waals surface area contributed by atoms with Crippen molar-refractivity contribution >= 4 is 12.1 Å². The van der Waals surface area contributed by atoms with Gasteiger partial charge in [0.2, 0.25) is 0 Å². The summed E-state index contributed by atoms with van der Waals surface area (Å²) in [5.41, 5.74) is -0.0745. The van der Waals surface area contributed by atoms with Gasteiger partial charge in [-0.3, -0.25) is 0 Å². The van der Waals surface area contributed by atoms with Crippen molar-refractivity contribution in [3.63, 3.8) is 0 Å². The summed E-state index contributed by atoms with van der Waals surface area (Å²) in [6.45, 7) is 8.54. The van der Waals surface area contributed by atoms with Crippen molar-refractivity contribution in [1.82, 2.24) is 4.90 Å². The van der Waals surface area contributed by atoms with Crippen molar-refractivity contribution < 1.29 is 19.4 Å². The van der Waals surface area contributed by atoms with Crippen LogP contribution >= 0.6 is 0 Å². The number of carboxylic acid groups (broad SMARTS) is 1. The molecule has 1 N–H and O–H groups in total. The van der Waals surface area contributed by atoms with Crippen LogP contribution in [0.5, 0.6) is 0 Å². The number of carbonyl (C=O) groups is 2. The van der Waals surface area contributed by atoms with Crippen LogP contribution in [-0.2, 0) is 9.53 Å². The lowest BCUT2D eigenvalue weighted by atomic mass is 9.93. The largest absolute Gasteiger partial charge is 0.478 e. The maximum absolute atomic E-state index is 11.9. The van der Waals surface area contributed by atoms with Crippen molar-refractivity contribution in [2.24, 2.45) is 5.92 Å².